The van der Waals surface area contributed by atoms with Crippen LogP contribution in [0.15, 0.2) is 65.6 Å². The SMILES string of the molecule is Cc1cnc(-c2cccc(NC(=O)c3cnn(C)c3-n3cccc3)c2)o1. The summed E-state index contributed by atoms with van der Waals surface area (Å²) in [4.78, 5) is 17.0. The summed E-state index contributed by atoms with van der Waals surface area (Å²) < 4.78 is 9.07. The maximum absolute atomic E-state index is 12.8. The van der Waals surface area contributed by atoms with Crippen LogP contribution in [-0.4, -0.2) is 25.2 Å². The van der Waals surface area contributed by atoms with Gasteiger partial charge in [-0.25, -0.2) is 4.98 Å². The third kappa shape index (κ3) is 2.90. The number of benzene rings is 1. The highest BCUT2D eigenvalue weighted by Crippen LogP contribution is 2.23. The lowest BCUT2D eigenvalue weighted by Gasteiger charge is -2.09. The van der Waals surface area contributed by atoms with Crippen LogP contribution in [0.25, 0.3) is 17.3 Å². The lowest BCUT2D eigenvalue weighted by Crippen LogP contribution is -2.15. The molecule has 1 amide bonds. The van der Waals surface area contributed by atoms with E-state index >= 15 is 0 Å². The topological polar surface area (TPSA) is 77.9 Å². The Labute approximate surface area is 149 Å². The predicted octanol–water partition coefficient (Wildman–Crippen LogP) is 3.43. The van der Waals surface area contributed by atoms with Gasteiger partial charge in [-0.3, -0.25) is 9.48 Å². The van der Waals surface area contributed by atoms with Crippen molar-refractivity contribution in [3.63, 3.8) is 0 Å². The number of nitrogens with zero attached hydrogens (tertiary/aromatic N) is 4. The molecule has 0 atom stereocenters. The molecular weight excluding hydrogens is 330 g/mol. The zero-order valence-electron chi connectivity index (χ0n) is 14.4. The number of nitrogens with one attached hydrogen (secondary N) is 1. The van der Waals surface area contributed by atoms with E-state index in [1.807, 2.05) is 60.3 Å². The summed E-state index contributed by atoms with van der Waals surface area (Å²) >= 11 is 0. The lowest BCUT2D eigenvalue weighted by molar-refractivity contribution is 0.102. The fourth-order valence-electron chi connectivity index (χ4n) is 2.79. The van der Waals surface area contributed by atoms with Gasteiger partial charge in [0.25, 0.3) is 5.91 Å². The van der Waals surface area contributed by atoms with Gasteiger partial charge in [0, 0.05) is 30.7 Å². The van der Waals surface area contributed by atoms with Crippen molar-refractivity contribution in [2.75, 3.05) is 5.32 Å². The van der Waals surface area contributed by atoms with Gasteiger partial charge in [0.15, 0.2) is 0 Å². The van der Waals surface area contributed by atoms with Crippen LogP contribution >= 0.6 is 0 Å². The summed E-state index contributed by atoms with van der Waals surface area (Å²) in [6, 6.07) is 11.2. The van der Waals surface area contributed by atoms with Gasteiger partial charge in [-0.15, -0.1) is 0 Å². The number of aromatic nitrogens is 4. The van der Waals surface area contributed by atoms with Crippen molar-refractivity contribution >= 4 is 11.6 Å². The van der Waals surface area contributed by atoms with Crippen LogP contribution in [0.2, 0.25) is 0 Å². The normalized spacial score (nSPS) is 10.8. The van der Waals surface area contributed by atoms with Gasteiger partial charge < -0.3 is 14.3 Å². The fourth-order valence-corrected chi connectivity index (χ4v) is 2.79. The monoisotopic (exact) mass is 347 g/mol. The summed E-state index contributed by atoms with van der Waals surface area (Å²) in [6.07, 6.45) is 6.98. The average molecular weight is 347 g/mol. The first-order valence-electron chi connectivity index (χ1n) is 8.11. The molecule has 1 aromatic carbocycles. The van der Waals surface area contributed by atoms with Gasteiger partial charge in [-0.2, -0.15) is 5.10 Å². The number of carbonyl (C=O) groups is 1. The molecular formula is C19H17N5O2. The second-order valence-electron chi connectivity index (χ2n) is 5.91. The minimum absolute atomic E-state index is 0.234. The van der Waals surface area contributed by atoms with E-state index < -0.39 is 0 Å². The highest BCUT2D eigenvalue weighted by Gasteiger charge is 2.18. The fraction of sp³-hybridized carbons (Fsp3) is 0.105. The van der Waals surface area contributed by atoms with E-state index in [2.05, 4.69) is 15.4 Å². The number of hydrogen-bond donors (Lipinski definition) is 1. The predicted molar refractivity (Wildman–Crippen MR) is 97.2 cm³/mol. The Kier molecular flexibility index (Phi) is 3.89. The highest BCUT2D eigenvalue weighted by molar-refractivity contribution is 6.06. The first-order chi connectivity index (χ1) is 12.6. The van der Waals surface area contributed by atoms with Gasteiger partial charge in [0.05, 0.1) is 12.4 Å². The molecule has 130 valence electrons. The molecule has 4 aromatic rings. The van der Waals surface area contributed by atoms with Crippen molar-refractivity contribution in [2.45, 2.75) is 6.92 Å². The molecule has 0 aliphatic carbocycles. The highest BCUT2D eigenvalue weighted by atomic mass is 16.4. The Morgan fingerprint density at radius 3 is 2.69 bits per heavy atom. The molecule has 3 aromatic heterocycles. The van der Waals surface area contributed by atoms with Crippen molar-refractivity contribution in [2.24, 2.45) is 7.05 Å². The molecule has 0 spiro atoms. The number of carbonyl (C=O) groups excluding carboxylic acids is 1. The Bertz CT molecular complexity index is 1060. The molecule has 0 radical (unpaired) electrons. The Hall–Kier alpha value is -3.61. The van der Waals surface area contributed by atoms with Crippen molar-refractivity contribution in [3.05, 3.63) is 72.5 Å². The number of aryl methyl sites for hydroxylation is 2. The third-order valence-electron chi connectivity index (χ3n) is 3.99. The second kappa shape index (κ2) is 6.36. The summed E-state index contributed by atoms with van der Waals surface area (Å²) in [5, 5.41) is 7.13. The van der Waals surface area contributed by atoms with Crippen LogP contribution < -0.4 is 5.32 Å². The number of hydrogen-bond acceptors (Lipinski definition) is 4. The molecule has 0 saturated heterocycles. The van der Waals surface area contributed by atoms with Gasteiger partial charge in [-0.1, -0.05) is 6.07 Å². The van der Waals surface area contributed by atoms with Crippen LogP contribution in [0.3, 0.4) is 0 Å². The largest absolute Gasteiger partial charge is 0.441 e. The zero-order valence-corrected chi connectivity index (χ0v) is 14.4. The second-order valence-corrected chi connectivity index (χ2v) is 5.91. The molecule has 0 unspecified atom stereocenters. The van der Waals surface area contributed by atoms with E-state index in [1.165, 1.54) is 0 Å². The van der Waals surface area contributed by atoms with Crippen LogP contribution in [0.1, 0.15) is 16.1 Å². The van der Waals surface area contributed by atoms with Crippen LogP contribution in [0.5, 0.6) is 0 Å². The van der Waals surface area contributed by atoms with Crippen LogP contribution in [-0.2, 0) is 7.05 Å². The minimum Gasteiger partial charge on any atom is -0.441 e. The number of oxazole rings is 1. The molecule has 0 saturated carbocycles. The van der Waals surface area contributed by atoms with E-state index in [4.69, 9.17) is 4.42 Å². The molecule has 4 rings (SSSR count). The maximum Gasteiger partial charge on any atom is 0.261 e. The summed E-state index contributed by atoms with van der Waals surface area (Å²) in [5.74, 6) is 1.73. The molecule has 7 nitrogen and oxygen atoms in total. The van der Waals surface area contributed by atoms with E-state index in [1.54, 1.807) is 24.1 Å². The van der Waals surface area contributed by atoms with Crippen molar-refractivity contribution < 1.29 is 9.21 Å². The molecule has 1 N–H and O–H groups in total. The van der Waals surface area contributed by atoms with E-state index in [9.17, 15) is 4.79 Å². The van der Waals surface area contributed by atoms with Crippen LogP contribution in [0.4, 0.5) is 5.69 Å². The van der Waals surface area contributed by atoms with Crippen LogP contribution in [0, 0.1) is 6.92 Å². The van der Waals surface area contributed by atoms with Gasteiger partial charge in [0.1, 0.15) is 17.1 Å². The number of rotatable bonds is 4. The van der Waals surface area contributed by atoms with Crippen molar-refractivity contribution in [1.29, 1.82) is 0 Å². The minimum atomic E-state index is -0.234. The average Bonchev–Trinajstić information content (AvgIpc) is 3.35. The van der Waals surface area contributed by atoms with Crippen molar-refractivity contribution in [3.8, 4) is 17.3 Å². The Balaban J connectivity index is 1.62. The molecule has 0 bridgehead atoms. The Morgan fingerprint density at radius 1 is 1.15 bits per heavy atom. The molecule has 7 heteroatoms. The van der Waals surface area contributed by atoms with E-state index in [0.717, 1.165) is 11.3 Å². The molecule has 0 aliphatic rings. The van der Waals surface area contributed by atoms with Gasteiger partial charge in [0.2, 0.25) is 5.89 Å². The quantitative estimate of drug-likeness (QED) is 0.613. The summed E-state index contributed by atoms with van der Waals surface area (Å²) in [5.41, 5.74) is 1.94. The third-order valence-corrected chi connectivity index (χ3v) is 3.99. The van der Waals surface area contributed by atoms with Gasteiger partial charge in [-0.05, 0) is 37.3 Å². The molecule has 0 aliphatic heterocycles. The first-order valence-corrected chi connectivity index (χ1v) is 8.11. The summed E-state index contributed by atoms with van der Waals surface area (Å²) in [6.45, 7) is 1.84. The molecule has 26 heavy (non-hydrogen) atoms. The number of anilines is 1. The van der Waals surface area contributed by atoms with Gasteiger partial charge >= 0.3 is 0 Å². The first kappa shape index (κ1) is 15.9. The number of amides is 1. The standard InChI is InChI=1S/C19H17N5O2/c1-13-11-20-18(26-13)14-6-5-7-15(10-14)22-17(25)16-12-21-23(2)19(16)24-8-3-4-9-24/h3-12H,1-2H3,(H,22,25). The summed E-state index contributed by atoms with van der Waals surface area (Å²) in [7, 11) is 1.80. The lowest BCUT2D eigenvalue weighted by atomic mass is 10.2. The Morgan fingerprint density at radius 2 is 1.96 bits per heavy atom. The van der Waals surface area contributed by atoms with E-state index in [0.29, 0.717) is 23.0 Å². The molecule has 0 fully saturated rings. The van der Waals surface area contributed by atoms with Crippen molar-refractivity contribution in [1.82, 2.24) is 19.3 Å². The zero-order chi connectivity index (χ0) is 18.1. The smallest absolute Gasteiger partial charge is 0.261 e. The molecule has 3 heterocycles. The maximum atomic E-state index is 12.8. The van der Waals surface area contributed by atoms with E-state index in [-0.39, 0.29) is 5.91 Å².